The van der Waals surface area contributed by atoms with Gasteiger partial charge in [0.25, 0.3) is 0 Å². The van der Waals surface area contributed by atoms with Crippen LogP contribution in [-0.4, -0.2) is 16.2 Å². The largest absolute Gasteiger partial charge is 0.397 e. The van der Waals surface area contributed by atoms with Gasteiger partial charge in [0.05, 0.1) is 5.69 Å². The van der Waals surface area contributed by atoms with Crippen molar-refractivity contribution in [2.24, 2.45) is 0 Å². The van der Waals surface area contributed by atoms with Crippen LogP contribution >= 0.6 is 0 Å². The van der Waals surface area contributed by atoms with Crippen LogP contribution in [0.1, 0.15) is 11.3 Å². The van der Waals surface area contributed by atoms with Crippen molar-refractivity contribution in [2.75, 3.05) is 11.1 Å². The second-order valence-electron chi connectivity index (χ2n) is 5.36. The molecule has 0 spiro atoms. The van der Waals surface area contributed by atoms with E-state index in [1.165, 1.54) is 12.3 Å². The molecule has 4 N–H and O–H groups in total. The van der Waals surface area contributed by atoms with Gasteiger partial charge in [0.1, 0.15) is 11.6 Å². The maximum Gasteiger partial charge on any atom is 0.131 e. The summed E-state index contributed by atoms with van der Waals surface area (Å²) in [6.07, 6.45) is 4.15. The summed E-state index contributed by atoms with van der Waals surface area (Å²) in [5, 5.41) is 10.6. The zero-order valence-corrected chi connectivity index (χ0v) is 13.0. The van der Waals surface area contributed by atoms with Crippen molar-refractivity contribution >= 4 is 23.4 Å². The predicted octanol–water partition coefficient (Wildman–Crippen LogP) is 3.91. The summed E-state index contributed by atoms with van der Waals surface area (Å²) in [5.41, 5.74) is 8.99. The number of nitrogen functional groups attached to an aromatic ring is 1. The lowest BCUT2D eigenvalue weighted by molar-refractivity contribution is 0.631. The van der Waals surface area contributed by atoms with E-state index >= 15 is 0 Å². The molecule has 0 fully saturated rings. The topological polar surface area (TPSA) is 87.7 Å². The van der Waals surface area contributed by atoms with Crippen LogP contribution in [-0.2, 0) is 0 Å². The molecular formula is C18H16FN5. The van der Waals surface area contributed by atoms with Crippen LogP contribution in [0.5, 0.6) is 0 Å². The van der Waals surface area contributed by atoms with Gasteiger partial charge >= 0.3 is 0 Å². The Balaban J connectivity index is 2.08. The Morgan fingerprint density at radius 3 is 2.75 bits per heavy atom. The zero-order chi connectivity index (χ0) is 17.1. The van der Waals surface area contributed by atoms with Crippen LogP contribution in [0, 0.1) is 18.2 Å². The number of anilines is 3. The average Bonchev–Trinajstić information content (AvgIpc) is 2.56. The number of pyridine rings is 2. The van der Waals surface area contributed by atoms with E-state index in [1.54, 1.807) is 18.3 Å². The first-order chi connectivity index (χ1) is 11.6. The van der Waals surface area contributed by atoms with Gasteiger partial charge in [0.15, 0.2) is 0 Å². The first kappa shape index (κ1) is 15.6. The normalized spacial score (nSPS) is 10.4. The molecule has 0 radical (unpaired) electrons. The van der Waals surface area contributed by atoms with Crippen molar-refractivity contribution in [3.63, 3.8) is 0 Å². The van der Waals surface area contributed by atoms with Crippen LogP contribution in [0.2, 0.25) is 0 Å². The molecule has 0 unspecified atom stereocenters. The second-order valence-corrected chi connectivity index (χ2v) is 5.36. The van der Waals surface area contributed by atoms with E-state index in [1.807, 2.05) is 25.1 Å². The quantitative estimate of drug-likeness (QED) is 0.636. The molecule has 5 nitrogen and oxygen atoms in total. The molecular weight excluding hydrogens is 305 g/mol. The van der Waals surface area contributed by atoms with Crippen LogP contribution in [0.4, 0.5) is 21.6 Å². The average molecular weight is 321 g/mol. The molecule has 120 valence electrons. The van der Waals surface area contributed by atoms with Crippen molar-refractivity contribution in [1.82, 2.24) is 9.97 Å². The minimum atomic E-state index is -0.441. The molecule has 6 heteroatoms. The maximum atomic E-state index is 14.4. The number of hydrogen-bond donors (Lipinski definition) is 3. The highest BCUT2D eigenvalue weighted by molar-refractivity contribution is 5.89. The number of nitrogens with two attached hydrogens (primary N) is 1. The van der Waals surface area contributed by atoms with Gasteiger partial charge in [0.2, 0.25) is 0 Å². The number of nitrogens with zero attached hydrogens (tertiary/aromatic N) is 2. The van der Waals surface area contributed by atoms with Crippen LogP contribution in [0.25, 0.3) is 11.1 Å². The predicted molar refractivity (Wildman–Crippen MR) is 94.2 cm³/mol. The fourth-order valence-electron chi connectivity index (χ4n) is 2.39. The number of halogens is 1. The van der Waals surface area contributed by atoms with Gasteiger partial charge in [-0.1, -0.05) is 6.07 Å². The van der Waals surface area contributed by atoms with Gasteiger partial charge in [0, 0.05) is 46.7 Å². The van der Waals surface area contributed by atoms with E-state index < -0.39 is 5.82 Å². The molecule has 24 heavy (non-hydrogen) atoms. The second kappa shape index (κ2) is 6.45. The summed E-state index contributed by atoms with van der Waals surface area (Å²) in [7, 11) is 0. The number of rotatable bonds is 4. The van der Waals surface area contributed by atoms with Crippen molar-refractivity contribution in [3.8, 4) is 11.1 Å². The number of aryl methyl sites for hydroxylation is 1. The van der Waals surface area contributed by atoms with Gasteiger partial charge in [-0.2, -0.15) is 0 Å². The van der Waals surface area contributed by atoms with Gasteiger partial charge in [-0.05, 0) is 37.3 Å². The monoisotopic (exact) mass is 321 g/mol. The molecule has 3 rings (SSSR count). The Morgan fingerprint density at radius 2 is 2.04 bits per heavy atom. The van der Waals surface area contributed by atoms with Gasteiger partial charge < -0.3 is 16.5 Å². The Morgan fingerprint density at radius 1 is 1.21 bits per heavy atom. The highest BCUT2D eigenvalue weighted by Crippen LogP contribution is 2.30. The Bertz CT molecular complexity index is 908. The van der Waals surface area contributed by atoms with Gasteiger partial charge in [-0.25, -0.2) is 9.37 Å². The SMILES string of the molecule is Cc1cccc(Nc2cc(-c3cncc(N)c3)c(F)cc2C=N)n1. The number of aromatic nitrogens is 2. The minimum Gasteiger partial charge on any atom is -0.397 e. The van der Waals surface area contributed by atoms with E-state index in [-0.39, 0.29) is 0 Å². The van der Waals surface area contributed by atoms with Crippen LogP contribution < -0.4 is 11.1 Å². The maximum absolute atomic E-state index is 14.4. The molecule has 0 amide bonds. The van der Waals surface area contributed by atoms with Gasteiger partial charge in [-0.15, -0.1) is 0 Å². The van der Waals surface area contributed by atoms with Crippen LogP contribution in [0.15, 0.2) is 48.8 Å². The third kappa shape index (κ3) is 3.22. The Hall–Kier alpha value is -3.28. The lowest BCUT2D eigenvalue weighted by Gasteiger charge is -2.13. The lowest BCUT2D eigenvalue weighted by Crippen LogP contribution is -2.00. The van der Waals surface area contributed by atoms with Crippen LogP contribution in [0.3, 0.4) is 0 Å². The summed E-state index contributed by atoms with van der Waals surface area (Å²) >= 11 is 0. The molecule has 0 atom stereocenters. The first-order valence-electron chi connectivity index (χ1n) is 7.32. The lowest BCUT2D eigenvalue weighted by atomic mass is 10.0. The molecule has 0 saturated heterocycles. The summed E-state index contributed by atoms with van der Waals surface area (Å²) in [4.78, 5) is 8.37. The summed E-state index contributed by atoms with van der Waals surface area (Å²) < 4.78 is 14.4. The van der Waals surface area contributed by atoms with Crippen molar-refractivity contribution in [2.45, 2.75) is 6.92 Å². The third-order valence-electron chi connectivity index (χ3n) is 3.52. The highest BCUT2D eigenvalue weighted by Gasteiger charge is 2.12. The van der Waals surface area contributed by atoms with Crippen molar-refractivity contribution in [3.05, 3.63) is 65.9 Å². The summed E-state index contributed by atoms with van der Waals surface area (Å²) in [5.74, 6) is 0.185. The minimum absolute atomic E-state index is 0.357. The van der Waals surface area contributed by atoms with Crippen molar-refractivity contribution in [1.29, 1.82) is 5.41 Å². The summed E-state index contributed by atoms with van der Waals surface area (Å²) in [6, 6.07) is 10.2. The van der Waals surface area contributed by atoms with Crippen molar-refractivity contribution < 1.29 is 4.39 Å². The Labute approximate surface area is 138 Å². The molecule has 3 aromatic rings. The van der Waals surface area contributed by atoms with Gasteiger partial charge in [-0.3, -0.25) is 4.98 Å². The summed E-state index contributed by atoms with van der Waals surface area (Å²) in [6.45, 7) is 1.89. The third-order valence-corrected chi connectivity index (χ3v) is 3.52. The molecule has 0 aliphatic heterocycles. The zero-order valence-electron chi connectivity index (χ0n) is 13.0. The number of nitrogens with one attached hydrogen (secondary N) is 2. The molecule has 2 heterocycles. The molecule has 2 aromatic heterocycles. The fourth-order valence-corrected chi connectivity index (χ4v) is 2.39. The molecule has 1 aromatic carbocycles. The first-order valence-corrected chi connectivity index (χ1v) is 7.32. The van der Waals surface area contributed by atoms with E-state index in [0.717, 1.165) is 11.9 Å². The van der Waals surface area contributed by atoms with E-state index in [4.69, 9.17) is 11.1 Å². The number of benzene rings is 1. The molecule has 0 bridgehead atoms. The molecule has 0 aliphatic rings. The Kier molecular flexibility index (Phi) is 4.20. The standard InChI is InChI=1S/C18H16FN5/c1-11-3-2-4-18(23-11)24-17-7-15(16(19)6-12(17)8-20)13-5-14(21)10-22-9-13/h2-10,20H,21H2,1H3,(H,23,24). The van der Waals surface area contributed by atoms with E-state index in [9.17, 15) is 4.39 Å². The fraction of sp³-hybridized carbons (Fsp3) is 0.0556. The molecule has 0 aliphatic carbocycles. The van der Waals surface area contributed by atoms with E-state index in [2.05, 4.69) is 15.3 Å². The highest BCUT2D eigenvalue weighted by atomic mass is 19.1. The van der Waals surface area contributed by atoms with E-state index in [0.29, 0.717) is 33.9 Å². The number of hydrogen-bond acceptors (Lipinski definition) is 5. The molecule has 0 saturated carbocycles. The smallest absolute Gasteiger partial charge is 0.131 e.